The molecule has 1 saturated carbocycles. The van der Waals surface area contributed by atoms with E-state index >= 15 is 0 Å². The topological polar surface area (TPSA) is 21.3 Å². The molecular weight excluding hydrogens is 174 g/mol. The molecule has 0 aromatic carbocycles. The number of rotatable bonds is 3. The zero-order valence-corrected chi connectivity index (χ0v) is 9.30. The molecule has 0 amide bonds. The maximum atomic E-state index is 5.95. The molecular formula is C12H23NO. The highest BCUT2D eigenvalue weighted by Crippen LogP contribution is 2.21. The second-order valence-electron chi connectivity index (χ2n) is 5.04. The van der Waals surface area contributed by atoms with Gasteiger partial charge in [0.25, 0.3) is 0 Å². The van der Waals surface area contributed by atoms with Gasteiger partial charge in [-0.3, -0.25) is 0 Å². The zero-order chi connectivity index (χ0) is 9.80. The fourth-order valence-electron chi connectivity index (χ4n) is 2.63. The lowest BCUT2D eigenvalue weighted by Gasteiger charge is -2.23. The highest BCUT2D eigenvalue weighted by molar-refractivity contribution is 4.79. The molecule has 1 aliphatic carbocycles. The average Bonchev–Trinajstić information content (AvgIpc) is 2.63. The van der Waals surface area contributed by atoms with E-state index < -0.39 is 0 Å². The summed E-state index contributed by atoms with van der Waals surface area (Å²) in [6, 6.07) is 0.631. The first-order valence-corrected chi connectivity index (χ1v) is 6.19. The molecule has 0 aromatic heterocycles. The average molecular weight is 197 g/mol. The Bertz CT molecular complexity index is 161. The van der Waals surface area contributed by atoms with Crippen molar-refractivity contribution in [3.8, 4) is 0 Å². The van der Waals surface area contributed by atoms with E-state index in [1.165, 1.54) is 45.1 Å². The number of hydrogen-bond donors (Lipinski definition) is 1. The van der Waals surface area contributed by atoms with Crippen LogP contribution in [0.25, 0.3) is 0 Å². The summed E-state index contributed by atoms with van der Waals surface area (Å²) < 4.78 is 5.95. The fraction of sp³-hybridized carbons (Fsp3) is 1.00. The molecule has 2 atom stereocenters. The van der Waals surface area contributed by atoms with Gasteiger partial charge in [-0.25, -0.2) is 0 Å². The van der Waals surface area contributed by atoms with Crippen LogP contribution in [0.1, 0.15) is 45.4 Å². The van der Waals surface area contributed by atoms with E-state index in [-0.39, 0.29) is 0 Å². The maximum absolute atomic E-state index is 5.95. The van der Waals surface area contributed by atoms with E-state index in [0.29, 0.717) is 12.1 Å². The van der Waals surface area contributed by atoms with Crippen LogP contribution in [0.2, 0.25) is 0 Å². The molecule has 0 radical (unpaired) electrons. The molecule has 2 nitrogen and oxygen atoms in total. The molecule has 0 bridgehead atoms. The van der Waals surface area contributed by atoms with Crippen molar-refractivity contribution in [2.75, 3.05) is 13.2 Å². The van der Waals surface area contributed by atoms with E-state index in [9.17, 15) is 0 Å². The summed E-state index contributed by atoms with van der Waals surface area (Å²) in [7, 11) is 0. The van der Waals surface area contributed by atoms with Crippen molar-refractivity contribution in [1.29, 1.82) is 0 Å². The normalized spacial score (nSPS) is 34.9. The van der Waals surface area contributed by atoms with Crippen LogP contribution < -0.4 is 5.32 Å². The van der Waals surface area contributed by atoms with Crippen LogP contribution in [0, 0.1) is 5.92 Å². The van der Waals surface area contributed by atoms with Gasteiger partial charge in [-0.2, -0.15) is 0 Å². The number of nitrogens with one attached hydrogen (secondary N) is 1. The monoisotopic (exact) mass is 197 g/mol. The molecule has 1 saturated heterocycles. The Morgan fingerprint density at radius 2 is 2.00 bits per heavy atom. The van der Waals surface area contributed by atoms with Crippen molar-refractivity contribution < 1.29 is 4.74 Å². The lowest BCUT2D eigenvalue weighted by Crippen LogP contribution is -2.30. The highest BCUT2D eigenvalue weighted by Gasteiger charge is 2.22. The lowest BCUT2D eigenvalue weighted by atomic mass is 9.98. The second-order valence-corrected chi connectivity index (χ2v) is 5.04. The van der Waals surface area contributed by atoms with E-state index in [2.05, 4.69) is 12.2 Å². The fourth-order valence-corrected chi connectivity index (χ4v) is 2.63. The summed E-state index contributed by atoms with van der Waals surface area (Å²) in [5, 5.41) is 3.52. The van der Waals surface area contributed by atoms with Gasteiger partial charge < -0.3 is 10.1 Å². The largest absolute Gasteiger partial charge is 0.377 e. The van der Waals surface area contributed by atoms with Crippen molar-refractivity contribution in [3.05, 3.63) is 0 Å². The predicted octanol–water partition coefficient (Wildman–Crippen LogP) is 2.33. The highest BCUT2D eigenvalue weighted by atomic mass is 16.5. The van der Waals surface area contributed by atoms with Crippen LogP contribution in [0.3, 0.4) is 0 Å². The predicted molar refractivity (Wildman–Crippen MR) is 58.4 cm³/mol. The summed E-state index contributed by atoms with van der Waals surface area (Å²) in [5.74, 6) is 0.843. The van der Waals surface area contributed by atoms with Gasteiger partial charge in [0.2, 0.25) is 0 Å². The van der Waals surface area contributed by atoms with Gasteiger partial charge in [0.1, 0.15) is 0 Å². The minimum atomic E-state index is 0.571. The quantitative estimate of drug-likeness (QED) is 0.750. The van der Waals surface area contributed by atoms with Gasteiger partial charge in [-0.05, 0) is 31.7 Å². The van der Waals surface area contributed by atoms with Crippen molar-refractivity contribution in [3.63, 3.8) is 0 Å². The summed E-state index contributed by atoms with van der Waals surface area (Å²) in [6.07, 6.45) is 8.62. The second kappa shape index (κ2) is 5.13. The zero-order valence-electron chi connectivity index (χ0n) is 9.30. The van der Waals surface area contributed by atoms with Crippen molar-refractivity contribution in [1.82, 2.24) is 5.32 Å². The molecule has 14 heavy (non-hydrogen) atoms. The smallest absolute Gasteiger partial charge is 0.0623 e. The first-order chi connectivity index (χ1) is 6.84. The van der Waals surface area contributed by atoms with E-state index in [1.54, 1.807) is 0 Å². The Labute approximate surface area is 87.4 Å². The van der Waals surface area contributed by atoms with Crippen LogP contribution in [0.15, 0.2) is 0 Å². The van der Waals surface area contributed by atoms with Crippen LogP contribution in [-0.4, -0.2) is 25.3 Å². The first kappa shape index (κ1) is 10.4. The van der Waals surface area contributed by atoms with Gasteiger partial charge in [0.15, 0.2) is 0 Å². The Balaban J connectivity index is 1.61. The summed E-state index contributed by atoms with van der Waals surface area (Å²) in [6.45, 7) is 4.43. The molecule has 2 heteroatoms. The Kier molecular flexibility index (Phi) is 3.82. The molecule has 0 spiro atoms. The molecule has 0 aromatic rings. The van der Waals surface area contributed by atoms with E-state index in [4.69, 9.17) is 4.74 Å². The molecule has 1 N–H and O–H groups in total. The number of ether oxygens (including phenoxy) is 1. The molecule has 1 aliphatic heterocycles. The third-order valence-electron chi connectivity index (χ3n) is 3.53. The molecule has 2 rings (SSSR count). The summed E-state index contributed by atoms with van der Waals surface area (Å²) >= 11 is 0. The lowest BCUT2D eigenvalue weighted by molar-refractivity contribution is 0.0180. The van der Waals surface area contributed by atoms with Crippen molar-refractivity contribution in [2.45, 2.75) is 57.6 Å². The third kappa shape index (κ3) is 2.96. The van der Waals surface area contributed by atoms with Crippen molar-refractivity contribution >= 4 is 0 Å². The maximum Gasteiger partial charge on any atom is 0.0623 e. The standard InChI is InChI=1S/C12H23NO/c1-10-7-11(13-8-10)9-14-12-5-3-2-4-6-12/h10-13H,2-9H2,1H3. The van der Waals surface area contributed by atoms with Crippen LogP contribution in [-0.2, 0) is 4.74 Å². The van der Waals surface area contributed by atoms with Gasteiger partial charge >= 0.3 is 0 Å². The first-order valence-electron chi connectivity index (χ1n) is 6.19. The van der Waals surface area contributed by atoms with Gasteiger partial charge in [0, 0.05) is 6.04 Å². The van der Waals surface area contributed by atoms with Crippen LogP contribution >= 0.6 is 0 Å². The van der Waals surface area contributed by atoms with Gasteiger partial charge in [0.05, 0.1) is 12.7 Å². The number of hydrogen-bond acceptors (Lipinski definition) is 2. The summed E-state index contributed by atoms with van der Waals surface area (Å²) in [5.41, 5.74) is 0. The third-order valence-corrected chi connectivity index (χ3v) is 3.53. The molecule has 1 heterocycles. The van der Waals surface area contributed by atoms with Gasteiger partial charge in [-0.1, -0.05) is 26.2 Å². The Hall–Kier alpha value is -0.0800. The summed E-state index contributed by atoms with van der Waals surface area (Å²) in [4.78, 5) is 0. The van der Waals surface area contributed by atoms with E-state index in [0.717, 1.165) is 12.5 Å². The minimum Gasteiger partial charge on any atom is -0.377 e. The minimum absolute atomic E-state index is 0.571. The molecule has 82 valence electrons. The molecule has 2 fully saturated rings. The van der Waals surface area contributed by atoms with Crippen LogP contribution in [0.5, 0.6) is 0 Å². The van der Waals surface area contributed by atoms with E-state index in [1.807, 2.05) is 0 Å². The van der Waals surface area contributed by atoms with Crippen molar-refractivity contribution in [2.24, 2.45) is 5.92 Å². The Morgan fingerprint density at radius 3 is 2.64 bits per heavy atom. The SMILES string of the molecule is CC1CNC(COC2CCCCC2)C1. The Morgan fingerprint density at radius 1 is 1.21 bits per heavy atom. The van der Waals surface area contributed by atoms with Gasteiger partial charge in [-0.15, -0.1) is 0 Å². The molecule has 2 aliphatic rings. The molecule has 2 unspecified atom stereocenters. The van der Waals surface area contributed by atoms with Crippen LogP contribution in [0.4, 0.5) is 0 Å².